The lowest BCUT2D eigenvalue weighted by molar-refractivity contribution is 0.0968. The molecular formula is C22H34N4O2. The van der Waals surface area contributed by atoms with Crippen LogP contribution in [0.5, 0.6) is 5.75 Å². The highest BCUT2D eigenvalue weighted by Crippen LogP contribution is 2.38. The SMILES string of the molecule is C1CCOCC1.CC(C)Oc1cc(N2CC(C)(C)C2)ccc1-c1cn(C)nn1. The van der Waals surface area contributed by atoms with Crippen molar-refractivity contribution in [2.24, 2.45) is 12.5 Å². The lowest BCUT2D eigenvalue weighted by Crippen LogP contribution is -2.53. The van der Waals surface area contributed by atoms with E-state index in [0.29, 0.717) is 5.41 Å². The van der Waals surface area contributed by atoms with Gasteiger partial charge in [-0.3, -0.25) is 4.68 Å². The van der Waals surface area contributed by atoms with Crippen molar-refractivity contribution in [3.05, 3.63) is 24.4 Å². The molecule has 0 radical (unpaired) electrons. The number of ether oxygens (including phenoxy) is 2. The van der Waals surface area contributed by atoms with Gasteiger partial charge in [0.15, 0.2) is 0 Å². The van der Waals surface area contributed by atoms with Crippen molar-refractivity contribution in [1.29, 1.82) is 0 Å². The molecule has 3 heterocycles. The number of aryl methyl sites for hydroxylation is 1. The number of anilines is 1. The Morgan fingerprint density at radius 2 is 1.82 bits per heavy atom. The summed E-state index contributed by atoms with van der Waals surface area (Å²) in [6.07, 6.45) is 5.97. The van der Waals surface area contributed by atoms with Gasteiger partial charge in [0.05, 0.1) is 12.3 Å². The Labute approximate surface area is 168 Å². The standard InChI is InChI=1S/C17H24N4O.C5H10O/c1-12(2)22-16-8-13(21-10-17(3,4)11-21)6-7-14(16)15-9-20(5)19-18-15;1-2-4-6-5-3-1/h6-9,12H,10-11H2,1-5H3;1-5H2. The first-order chi connectivity index (χ1) is 13.3. The van der Waals surface area contributed by atoms with E-state index in [1.807, 2.05) is 27.1 Å². The first kappa shape index (κ1) is 20.6. The third-order valence-corrected chi connectivity index (χ3v) is 4.89. The Bertz CT molecular complexity index is 746. The molecule has 6 heteroatoms. The van der Waals surface area contributed by atoms with Gasteiger partial charge in [0, 0.05) is 50.7 Å². The van der Waals surface area contributed by atoms with Crippen LogP contribution in [0.1, 0.15) is 47.0 Å². The summed E-state index contributed by atoms with van der Waals surface area (Å²) in [4.78, 5) is 2.38. The molecular weight excluding hydrogens is 352 g/mol. The van der Waals surface area contributed by atoms with Gasteiger partial charge >= 0.3 is 0 Å². The molecule has 0 N–H and O–H groups in total. The molecule has 2 saturated heterocycles. The van der Waals surface area contributed by atoms with Gasteiger partial charge in [-0.15, -0.1) is 5.10 Å². The van der Waals surface area contributed by atoms with E-state index in [9.17, 15) is 0 Å². The molecule has 0 amide bonds. The minimum atomic E-state index is 0.124. The lowest BCUT2D eigenvalue weighted by atomic mass is 9.84. The van der Waals surface area contributed by atoms with Crippen LogP contribution in [0.25, 0.3) is 11.3 Å². The van der Waals surface area contributed by atoms with Gasteiger partial charge in [0.25, 0.3) is 0 Å². The van der Waals surface area contributed by atoms with Crippen LogP contribution in [0, 0.1) is 5.41 Å². The minimum absolute atomic E-state index is 0.124. The zero-order valence-electron chi connectivity index (χ0n) is 17.9. The van der Waals surface area contributed by atoms with Gasteiger partial charge in [-0.2, -0.15) is 0 Å². The molecule has 0 spiro atoms. The van der Waals surface area contributed by atoms with Crippen LogP contribution in [0.2, 0.25) is 0 Å². The van der Waals surface area contributed by atoms with Gasteiger partial charge < -0.3 is 14.4 Å². The number of benzene rings is 1. The van der Waals surface area contributed by atoms with Crippen LogP contribution in [0.4, 0.5) is 5.69 Å². The fraction of sp³-hybridized carbons (Fsp3) is 0.636. The van der Waals surface area contributed by atoms with Crippen LogP contribution in [0.15, 0.2) is 24.4 Å². The Kier molecular flexibility index (Phi) is 6.60. The van der Waals surface area contributed by atoms with Crippen molar-refractivity contribution in [3.63, 3.8) is 0 Å². The van der Waals surface area contributed by atoms with E-state index < -0.39 is 0 Å². The maximum Gasteiger partial charge on any atom is 0.131 e. The first-order valence-corrected chi connectivity index (χ1v) is 10.3. The molecule has 2 aliphatic rings. The maximum atomic E-state index is 6.02. The molecule has 2 aliphatic heterocycles. The monoisotopic (exact) mass is 386 g/mol. The fourth-order valence-electron chi connectivity index (χ4n) is 3.60. The van der Waals surface area contributed by atoms with E-state index in [1.165, 1.54) is 24.9 Å². The number of aromatic nitrogens is 3. The molecule has 2 fully saturated rings. The van der Waals surface area contributed by atoms with E-state index in [-0.39, 0.29) is 6.10 Å². The Morgan fingerprint density at radius 3 is 2.29 bits per heavy atom. The van der Waals surface area contributed by atoms with E-state index in [2.05, 4.69) is 47.3 Å². The molecule has 0 atom stereocenters. The zero-order chi connectivity index (χ0) is 20.1. The topological polar surface area (TPSA) is 52.4 Å². The molecule has 1 aromatic heterocycles. The van der Waals surface area contributed by atoms with Crippen LogP contribution < -0.4 is 9.64 Å². The normalized spacial score (nSPS) is 18.3. The average Bonchev–Trinajstić information content (AvgIpc) is 3.07. The fourth-order valence-corrected chi connectivity index (χ4v) is 3.60. The molecule has 28 heavy (non-hydrogen) atoms. The highest BCUT2D eigenvalue weighted by molar-refractivity contribution is 5.71. The van der Waals surface area contributed by atoms with Crippen molar-refractivity contribution >= 4 is 5.69 Å². The number of hydrogen-bond acceptors (Lipinski definition) is 5. The molecule has 6 nitrogen and oxygen atoms in total. The van der Waals surface area contributed by atoms with Crippen molar-refractivity contribution in [2.45, 2.75) is 53.1 Å². The van der Waals surface area contributed by atoms with Crippen molar-refractivity contribution in [2.75, 3.05) is 31.2 Å². The third-order valence-electron chi connectivity index (χ3n) is 4.89. The predicted molar refractivity (Wildman–Crippen MR) is 113 cm³/mol. The number of nitrogens with zero attached hydrogens (tertiary/aromatic N) is 4. The largest absolute Gasteiger partial charge is 0.490 e. The van der Waals surface area contributed by atoms with Gasteiger partial charge in [0.2, 0.25) is 0 Å². The van der Waals surface area contributed by atoms with Crippen LogP contribution in [0.3, 0.4) is 0 Å². The molecule has 154 valence electrons. The average molecular weight is 387 g/mol. The molecule has 0 unspecified atom stereocenters. The second-order valence-electron chi connectivity index (χ2n) is 8.82. The Balaban J connectivity index is 0.000000320. The van der Waals surface area contributed by atoms with Crippen molar-refractivity contribution in [1.82, 2.24) is 15.0 Å². The summed E-state index contributed by atoms with van der Waals surface area (Å²) >= 11 is 0. The molecule has 4 rings (SSSR count). The number of rotatable bonds is 4. The van der Waals surface area contributed by atoms with Gasteiger partial charge in [0.1, 0.15) is 11.4 Å². The number of hydrogen-bond donors (Lipinski definition) is 0. The second-order valence-corrected chi connectivity index (χ2v) is 8.82. The van der Waals surface area contributed by atoms with E-state index in [4.69, 9.17) is 9.47 Å². The van der Waals surface area contributed by atoms with E-state index in [0.717, 1.165) is 43.3 Å². The Morgan fingerprint density at radius 1 is 1.11 bits per heavy atom. The van der Waals surface area contributed by atoms with Crippen LogP contribution in [-0.2, 0) is 11.8 Å². The lowest BCUT2D eigenvalue weighted by Gasteiger charge is -2.47. The van der Waals surface area contributed by atoms with Gasteiger partial charge in [-0.1, -0.05) is 19.1 Å². The zero-order valence-corrected chi connectivity index (χ0v) is 17.9. The molecule has 0 saturated carbocycles. The maximum absolute atomic E-state index is 6.02. The molecule has 2 aromatic rings. The Hall–Kier alpha value is -2.08. The summed E-state index contributed by atoms with van der Waals surface area (Å²) in [7, 11) is 1.87. The van der Waals surface area contributed by atoms with Gasteiger partial charge in [-0.05, 0) is 50.7 Å². The second kappa shape index (κ2) is 8.95. The van der Waals surface area contributed by atoms with Crippen molar-refractivity contribution < 1.29 is 9.47 Å². The summed E-state index contributed by atoms with van der Waals surface area (Å²) < 4.78 is 12.8. The smallest absolute Gasteiger partial charge is 0.131 e. The summed E-state index contributed by atoms with van der Waals surface area (Å²) in [5.41, 5.74) is 3.45. The van der Waals surface area contributed by atoms with Gasteiger partial charge in [-0.25, -0.2) is 0 Å². The summed E-state index contributed by atoms with van der Waals surface area (Å²) in [5.74, 6) is 0.873. The highest BCUT2D eigenvalue weighted by Gasteiger charge is 2.34. The molecule has 0 bridgehead atoms. The highest BCUT2D eigenvalue weighted by atomic mass is 16.5. The minimum Gasteiger partial charge on any atom is -0.490 e. The molecule has 1 aromatic carbocycles. The predicted octanol–water partition coefficient (Wildman–Crippen LogP) is 4.30. The summed E-state index contributed by atoms with van der Waals surface area (Å²) in [6, 6.07) is 6.36. The van der Waals surface area contributed by atoms with E-state index in [1.54, 1.807) is 4.68 Å². The quantitative estimate of drug-likeness (QED) is 0.784. The van der Waals surface area contributed by atoms with Crippen molar-refractivity contribution in [3.8, 4) is 17.0 Å². The summed E-state index contributed by atoms with van der Waals surface area (Å²) in [6.45, 7) is 12.8. The van der Waals surface area contributed by atoms with E-state index >= 15 is 0 Å². The van der Waals surface area contributed by atoms with Crippen LogP contribution in [-0.4, -0.2) is 47.4 Å². The molecule has 0 aliphatic carbocycles. The third kappa shape index (κ3) is 5.47. The first-order valence-electron chi connectivity index (χ1n) is 10.3. The summed E-state index contributed by atoms with van der Waals surface area (Å²) in [5, 5.41) is 8.22. The van der Waals surface area contributed by atoms with Crippen LogP contribution >= 0.6 is 0 Å².